The number of carbonyl (C=O) groups excluding carboxylic acids is 1. The molecule has 2 aromatic carbocycles. The lowest BCUT2D eigenvalue weighted by molar-refractivity contribution is -0.116. The van der Waals surface area contributed by atoms with E-state index in [1.54, 1.807) is 48.9 Å². The van der Waals surface area contributed by atoms with Gasteiger partial charge in [0.1, 0.15) is 11.5 Å². The zero-order chi connectivity index (χ0) is 22.4. The van der Waals surface area contributed by atoms with Gasteiger partial charge in [0.15, 0.2) is 0 Å². The molecule has 2 aromatic rings. The number of anilines is 1. The van der Waals surface area contributed by atoms with E-state index < -0.39 is 10.0 Å². The zero-order valence-electron chi connectivity index (χ0n) is 18.3. The molecular formula is C23H30N2O5S. The van der Waals surface area contributed by atoms with Crippen molar-refractivity contribution >= 4 is 21.6 Å². The Kier molecular flexibility index (Phi) is 7.56. The van der Waals surface area contributed by atoms with Crippen LogP contribution in [0.2, 0.25) is 0 Å². The topological polar surface area (TPSA) is 84.9 Å². The average molecular weight is 447 g/mol. The minimum absolute atomic E-state index is 0.0961. The largest absolute Gasteiger partial charge is 0.497 e. The Hall–Kier alpha value is -2.58. The predicted octanol–water partition coefficient (Wildman–Crippen LogP) is 3.83. The van der Waals surface area contributed by atoms with Gasteiger partial charge >= 0.3 is 0 Å². The van der Waals surface area contributed by atoms with Crippen molar-refractivity contribution < 1.29 is 22.7 Å². The number of ether oxygens (including phenoxy) is 2. The van der Waals surface area contributed by atoms with Crippen LogP contribution < -0.4 is 14.8 Å². The van der Waals surface area contributed by atoms with Crippen LogP contribution in [0.15, 0.2) is 47.4 Å². The molecule has 1 heterocycles. The molecule has 1 amide bonds. The Balaban J connectivity index is 1.50. The summed E-state index contributed by atoms with van der Waals surface area (Å²) in [5.41, 5.74) is 1.60. The highest BCUT2D eigenvalue weighted by Gasteiger charge is 2.29. The van der Waals surface area contributed by atoms with Crippen LogP contribution in [0.25, 0.3) is 0 Å². The van der Waals surface area contributed by atoms with Gasteiger partial charge in [0.25, 0.3) is 0 Å². The molecular weight excluding hydrogens is 416 g/mol. The molecule has 1 fully saturated rings. The average Bonchev–Trinajstić information content (AvgIpc) is 2.78. The lowest BCUT2D eigenvalue weighted by Crippen LogP contribution is -2.38. The fraction of sp³-hybridized carbons (Fsp3) is 0.435. The molecule has 1 aliphatic heterocycles. The number of nitrogens with one attached hydrogen (secondary N) is 1. The van der Waals surface area contributed by atoms with Gasteiger partial charge < -0.3 is 14.8 Å². The van der Waals surface area contributed by atoms with Gasteiger partial charge in [-0.2, -0.15) is 4.31 Å². The highest BCUT2D eigenvalue weighted by Crippen LogP contribution is 2.30. The number of nitrogens with zero attached hydrogens (tertiary/aromatic N) is 1. The van der Waals surface area contributed by atoms with E-state index in [0.717, 1.165) is 24.8 Å². The summed E-state index contributed by atoms with van der Waals surface area (Å²) < 4.78 is 37.7. The Morgan fingerprint density at radius 1 is 1.06 bits per heavy atom. The zero-order valence-corrected chi connectivity index (χ0v) is 19.1. The molecule has 0 spiro atoms. The van der Waals surface area contributed by atoms with Crippen LogP contribution >= 0.6 is 0 Å². The molecule has 7 nitrogen and oxygen atoms in total. The van der Waals surface area contributed by atoms with E-state index >= 15 is 0 Å². The Labute approximate surface area is 184 Å². The summed E-state index contributed by atoms with van der Waals surface area (Å²) in [6, 6.07) is 12.2. The number of aryl methyl sites for hydroxylation is 1. The summed E-state index contributed by atoms with van der Waals surface area (Å²) in [6.45, 7) is 2.89. The van der Waals surface area contributed by atoms with Crippen LogP contribution in [0.1, 0.15) is 31.2 Å². The first kappa shape index (κ1) is 23.1. The van der Waals surface area contributed by atoms with E-state index in [4.69, 9.17) is 9.47 Å². The summed E-state index contributed by atoms with van der Waals surface area (Å²) >= 11 is 0. The van der Waals surface area contributed by atoms with Crippen molar-refractivity contribution in [3.8, 4) is 11.5 Å². The number of amides is 1. The van der Waals surface area contributed by atoms with Crippen molar-refractivity contribution in [2.75, 3.05) is 32.6 Å². The number of carbonyl (C=O) groups is 1. The third kappa shape index (κ3) is 5.77. The first-order chi connectivity index (χ1) is 14.8. The molecule has 0 radical (unpaired) electrons. The maximum absolute atomic E-state index is 12.8. The van der Waals surface area contributed by atoms with Crippen LogP contribution in [-0.4, -0.2) is 45.9 Å². The van der Waals surface area contributed by atoms with Crippen LogP contribution in [0.3, 0.4) is 0 Å². The number of methoxy groups -OCH3 is 2. The van der Waals surface area contributed by atoms with Crippen LogP contribution in [-0.2, 0) is 14.8 Å². The van der Waals surface area contributed by atoms with E-state index in [1.807, 2.05) is 19.1 Å². The molecule has 0 unspecified atom stereocenters. The predicted molar refractivity (Wildman–Crippen MR) is 120 cm³/mol. The summed E-state index contributed by atoms with van der Waals surface area (Å²) in [7, 11) is -0.340. The van der Waals surface area contributed by atoms with E-state index in [1.165, 1.54) is 0 Å². The van der Waals surface area contributed by atoms with Gasteiger partial charge in [-0.05, 0) is 56.4 Å². The number of hydrogen-bond acceptors (Lipinski definition) is 5. The molecule has 3 rings (SSSR count). The normalized spacial score (nSPS) is 15.5. The highest BCUT2D eigenvalue weighted by atomic mass is 32.2. The number of piperidine rings is 1. The lowest BCUT2D eigenvalue weighted by Gasteiger charge is -2.31. The van der Waals surface area contributed by atoms with Crippen molar-refractivity contribution in [3.63, 3.8) is 0 Å². The fourth-order valence-electron chi connectivity index (χ4n) is 3.76. The van der Waals surface area contributed by atoms with Gasteiger partial charge in [-0.1, -0.05) is 17.7 Å². The van der Waals surface area contributed by atoms with Gasteiger partial charge in [-0.25, -0.2) is 8.42 Å². The Morgan fingerprint density at radius 2 is 1.74 bits per heavy atom. The van der Waals surface area contributed by atoms with E-state index in [2.05, 4.69) is 5.32 Å². The quantitative estimate of drug-likeness (QED) is 0.666. The number of hydrogen-bond donors (Lipinski definition) is 1. The first-order valence-corrected chi connectivity index (χ1v) is 11.9. The smallest absolute Gasteiger partial charge is 0.243 e. The molecule has 0 bridgehead atoms. The van der Waals surface area contributed by atoms with Crippen molar-refractivity contribution in [1.82, 2.24) is 4.31 Å². The summed E-state index contributed by atoms with van der Waals surface area (Å²) in [5, 5.41) is 2.88. The molecule has 0 atom stereocenters. The molecule has 0 aromatic heterocycles. The molecule has 0 saturated carbocycles. The second kappa shape index (κ2) is 10.2. The van der Waals surface area contributed by atoms with Gasteiger partial charge in [0.05, 0.1) is 24.8 Å². The highest BCUT2D eigenvalue weighted by molar-refractivity contribution is 7.89. The van der Waals surface area contributed by atoms with E-state index in [9.17, 15) is 13.2 Å². The maximum atomic E-state index is 12.8. The van der Waals surface area contributed by atoms with Gasteiger partial charge in [0.2, 0.25) is 15.9 Å². The van der Waals surface area contributed by atoms with Gasteiger partial charge in [0, 0.05) is 25.6 Å². The van der Waals surface area contributed by atoms with E-state index in [0.29, 0.717) is 47.5 Å². The minimum atomic E-state index is -3.46. The summed E-state index contributed by atoms with van der Waals surface area (Å²) in [6.07, 6.45) is 2.59. The molecule has 168 valence electrons. The molecule has 8 heteroatoms. The van der Waals surface area contributed by atoms with Crippen molar-refractivity contribution in [2.24, 2.45) is 5.92 Å². The lowest BCUT2D eigenvalue weighted by atomic mass is 9.93. The first-order valence-electron chi connectivity index (χ1n) is 10.4. The molecule has 1 N–H and O–H groups in total. The van der Waals surface area contributed by atoms with Crippen molar-refractivity contribution in [2.45, 2.75) is 37.5 Å². The van der Waals surface area contributed by atoms with Crippen LogP contribution in [0, 0.1) is 12.8 Å². The van der Waals surface area contributed by atoms with Crippen LogP contribution in [0.4, 0.5) is 5.69 Å². The minimum Gasteiger partial charge on any atom is -0.497 e. The van der Waals surface area contributed by atoms with E-state index in [-0.39, 0.29) is 5.91 Å². The monoisotopic (exact) mass is 446 g/mol. The second-order valence-corrected chi connectivity index (χ2v) is 9.75. The van der Waals surface area contributed by atoms with Gasteiger partial charge in [-0.3, -0.25) is 4.79 Å². The fourth-order valence-corrected chi connectivity index (χ4v) is 5.23. The molecule has 1 aliphatic rings. The Bertz CT molecular complexity index is 997. The van der Waals surface area contributed by atoms with Gasteiger partial charge in [-0.15, -0.1) is 0 Å². The second-order valence-electron chi connectivity index (χ2n) is 7.81. The number of benzene rings is 2. The maximum Gasteiger partial charge on any atom is 0.243 e. The molecule has 0 aliphatic carbocycles. The number of sulfonamides is 1. The van der Waals surface area contributed by atoms with Crippen molar-refractivity contribution in [3.05, 3.63) is 48.0 Å². The Morgan fingerprint density at radius 3 is 2.35 bits per heavy atom. The molecule has 31 heavy (non-hydrogen) atoms. The molecule has 1 saturated heterocycles. The van der Waals surface area contributed by atoms with Crippen LogP contribution in [0.5, 0.6) is 11.5 Å². The number of rotatable bonds is 8. The standard InChI is InChI=1S/C23H30N2O5S/c1-17-4-8-20(9-5-17)31(27,28)25-14-12-18(13-15-25)6-11-23(26)24-21-16-19(29-2)7-10-22(21)30-3/h4-5,7-10,16,18H,6,11-15H2,1-3H3,(H,24,26). The summed E-state index contributed by atoms with van der Waals surface area (Å²) in [4.78, 5) is 12.8. The SMILES string of the molecule is COc1ccc(OC)c(NC(=O)CCC2CCN(S(=O)(=O)c3ccc(C)cc3)CC2)c1. The summed E-state index contributed by atoms with van der Waals surface area (Å²) in [5.74, 6) is 1.44. The third-order valence-corrected chi connectivity index (χ3v) is 7.61. The third-order valence-electron chi connectivity index (χ3n) is 5.69. The van der Waals surface area contributed by atoms with Crippen molar-refractivity contribution in [1.29, 1.82) is 0 Å².